The first-order valence-electron chi connectivity index (χ1n) is 4.20. The second kappa shape index (κ2) is 3.45. The van der Waals surface area contributed by atoms with E-state index in [1.165, 1.54) is 0 Å². The summed E-state index contributed by atoms with van der Waals surface area (Å²) in [6.07, 6.45) is 0. The van der Waals surface area contributed by atoms with Crippen LogP contribution in [0.5, 0.6) is 5.88 Å². The molecular formula is C9H10N4O. The van der Waals surface area contributed by atoms with Crippen molar-refractivity contribution in [2.24, 2.45) is 0 Å². The quantitative estimate of drug-likeness (QED) is 0.772. The monoisotopic (exact) mass is 190 g/mol. The van der Waals surface area contributed by atoms with Crippen molar-refractivity contribution in [2.75, 3.05) is 7.11 Å². The molecule has 0 unspecified atom stereocenters. The van der Waals surface area contributed by atoms with Crippen molar-refractivity contribution in [2.45, 2.75) is 6.92 Å². The maximum absolute atomic E-state index is 5.01. The second-order valence-electron chi connectivity index (χ2n) is 2.81. The number of hydrogen-bond donors (Lipinski definition) is 1. The fourth-order valence-corrected chi connectivity index (χ4v) is 1.11. The molecule has 0 bridgehead atoms. The third-order valence-corrected chi connectivity index (χ3v) is 1.76. The topological polar surface area (TPSA) is 63.7 Å². The average molecular weight is 190 g/mol. The molecule has 5 heteroatoms. The van der Waals surface area contributed by atoms with Crippen LogP contribution in [0.4, 0.5) is 0 Å². The van der Waals surface area contributed by atoms with Gasteiger partial charge in [0, 0.05) is 6.07 Å². The van der Waals surface area contributed by atoms with Crippen molar-refractivity contribution in [3.63, 3.8) is 0 Å². The number of H-pyrrole nitrogens is 1. The number of nitrogens with zero attached hydrogens (tertiary/aromatic N) is 3. The number of methoxy groups -OCH3 is 1. The number of aryl methyl sites for hydroxylation is 1. The van der Waals surface area contributed by atoms with Gasteiger partial charge in [0.2, 0.25) is 5.88 Å². The molecule has 72 valence electrons. The Labute approximate surface area is 81.2 Å². The summed E-state index contributed by atoms with van der Waals surface area (Å²) in [7, 11) is 1.58. The number of aromatic nitrogens is 4. The standard InChI is InChI=1S/C9H10N4O/c1-6-10-9(13-12-6)7-4-3-5-8(11-7)14-2/h3-5H,1-2H3,(H,10,12,13). The molecule has 5 nitrogen and oxygen atoms in total. The van der Waals surface area contributed by atoms with Crippen molar-refractivity contribution in [1.82, 2.24) is 20.2 Å². The lowest BCUT2D eigenvalue weighted by Crippen LogP contribution is -1.90. The number of hydrogen-bond acceptors (Lipinski definition) is 4. The summed E-state index contributed by atoms with van der Waals surface area (Å²) in [6, 6.07) is 5.47. The molecule has 2 aromatic heterocycles. The number of rotatable bonds is 2. The summed E-state index contributed by atoms with van der Waals surface area (Å²) in [5.74, 6) is 1.91. The molecule has 0 aliphatic rings. The zero-order valence-electron chi connectivity index (χ0n) is 7.98. The lowest BCUT2D eigenvalue weighted by molar-refractivity contribution is 0.398. The summed E-state index contributed by atoms with van der Waals surface area (Å²) in [4.78, 5) is 8.38. The largest absolute Gasteiger partial charge is 0.481 e. The van der Waals surface area contributed by atoms with E-state index in [0.717, 1.165) is 5.82 Å². The maximum atomic E-state index is 5.01. The average Bonchev–Trinajstić information content (AvgIpc) is 2.65. The normalized spacial score (nSPS) is 10.1. The van der Waals surface area contributed by atoms with Gasteiger partial charge in [0.25, 0.3) is 0 Å². The number of nitrogens with one attached hydrogen (secondary N) is 1. The van der Waals surface area contributed by atoms with Crippen LogP contribution in [0.15, 0.2) is 18.2 Å². The van der Waals surface area contributed by atoms with Crippen LogP contribution in [-0.4, -0.2) is 27.3 Å². The molecule has 2 aromatic rings. The van der Waals surface area contributed by atoms with Gasteiger partial charge in [-0.2, -0.15) is 5.10 Å². The Balaban J connectivity index is 2.41. The first kappa shape index (κ1) is 8.68. The van der Waals surface area contributed by atoms with Crippen LogP contribution in [0.1, 0.15) is 5.82 Å². The zero-order valence-corrected chi connectivity index (χ0v) is 7.98. The first-order chi connectivity index (χ1) is 6.79. The Morgan fingerprint density at radius 1 is 1.29 bits per heavy atom. The molecule has 0 amide bonds. The Hall–Kier alpha value is -1.91. The van der Waals surface area contributed by atoms with Crippen molar-refractivity contribution in [1.29, 1.82) is 0 Å². The molecular weight excluding hydrogens is 180 g/mol. The van der Waals surface area contributed by atoms with E-state index < -0.39 is 0 Å². The molecule has 0 radical (unpaired) electrons. The van der Waals surface area contributed by atoms with Crippen LogP contribution in [0.25, 0.3) is 11.5 Å². The summed E-state index contributed by atoms with van der Waals surface area (Å²) in [5.41, 5.74) is 0.703. The fraction of sp³-hybridized carbons (Fsp3) is 0.222. The Morgan fingerprint density at radius 3 is 2.79 bits per heavy atom. The molecule has 0 saturated carbocycles. The highest BCUT2D eigenvalue weighted by molar-refractivity contribution is 5.49. The highest BCUT2D eigenvalue weighted by Crippen LogP contribution is 2.15. The molecule has 1 N–H and O–H groups in total. The Kier molecular flexibility index (Phi) is 2.14. The van der Waals surface area contributed by atoms with Gasteiger partial charge in [-0.15, -0.1) is 0 Å². The minimum absolute atomic E-state index is 0.560. The van der Waals surface area contributed by atoms with Gasteiger partial charge in [-0.05, 0) is 13.0 Å². The van der Waals surface area contributed by atoms with Crippen molar-refractivity contribution >= 4 is 0 Å². The van der Waals surface area contributed by atoms with Gasteiger partial charge in [-0.1, -0.05) is 6.07 Å². The smallest absolute Gasteiger partial charge is 0.213 e. The molecule has 0 fully saturated rings. The summed E-state index contributed by atoms with van der Waals surface area (Å²) >= 11 is 0. The highest BCUT2D eigenvalue weighted by atomic mass is 16.5. The van der Waals surface area contributed by atoms with Gasteiger partial charge in [-0.3, -0.25) is 5.10 Å². The molecule has 0 aromatic carbocycles. The van der Waals surface area contributed by atoms with Gasteiger partial charge < -0.3 is 4.74 Å². The Bertz CT molecular complexity index is 438. The number of pyridine rings is 1. The van der Waals surface area contributed by atoms with E-state index in [1.807, 2.05) is 19.1 Å². The lowest BCUT2D eigenvalue weighted by atomic mass is 10.3. The predicted molar refractivity (Wildman–Crippen MR) is 50.9 cm³/mol. The van der Waals surface area contributed by atoms with Crippen molar-refractivity contribution < 1.29 is 4.74 Å². The van der Waals surface area contributed by atoms with E-state index in [0.29, 0.717) is 17.4 Å². The summed E-state index contributed by atoms with van der Waals surface area (Å²) < 4.78 is 5.01. The van der Waals surface area contributed by atoms with Crippen LogP contribution in [-0.2, 0) is 0 Å². The van der Waals surface area contributed by atoms with Gasteiger partial charge in [0.1, 0.15) is 11.5 Å². The van der Waals surface area contributed by atoms with Crippen LogP contribution < -0.4 is 4.74 Å². The molecule has 0 saturated heterocycles. The number of aromatic amines is 1. The highest BCUT2D eigenvalue weighted by Gasteiger charge is 2.05. The van der Waals surface area contributed by atoms with Gasteiger partial charge in [-0.25, -0.2) is 9.97 Å². The summed E-state index contributed by atoms with van der Waals surface area (Å²) in [6.45, 7) is 1.84. The van der Waals surface area contributed by atoms with Crippen LogP contribution in [0, 0.1) is 6.92 Å². The minimum Gasteiger partial charge on any atom is -0.481 e. The SMILES string of the molecule is COc1cccc(-c2n[nH]c(C)n2)n1. The molecule has 14 heavy (non-hydrogen) atoms. The molecule has 0 atom stereocenters. The third kappa shape index (κ3) is 1.56. The van der Waals surface area contributed by atoms with E-state index in [-0.39, 0.29) is 0 Å². The van der Waals surface area contributed by atoms with Gasteiger partial charge in [0.15, 0.2) is 5.82 Å². The minimum atomic E-state index is 0.560. The molecule has 0 spiro atoms. The van der Waals surface area contributed by atoms with Crippen LogP contribution >= 0.6 is 0 Å². The van der Waals surface area contributed by atoms with Crippen LogP contribution in [0.2, 0.25) is 0 Å². The molecule has 0 aliphatic carbocycles. The van der Waals surface area contributed by atoms with Crippen molar-refractivity contribution in [3.05, 3.63) is 24.0 Å². The predicted octanol–water partition coefficient (Wildman–Crippen LogP) is 1.18. The fourth-order valence-electron chi connectivity index (χ4n) is 1.11. The molecule has 2 heterocycles. The Morgan fingerprint density at radius 2 is 2.14 bits per heavy atom. The van der Waals surface area contributed by atoms with E-state index in [2.05, 4.69) is 20.2 Å². The van der Waals surface area contributed by atoms with E-state index >= 15 is 0 Å². The maximum Gasteiger partial charge on any atom is 0.213 e. The van der Waals surface area contributed by atoms with E-state index in [4.69, 9.17) is 4.74 Å². The number of ether oxygens (including phenoxy) is 1. The summed E-state index contributed by atoms with van der Waals surface area (Å²) in [5, 5.41) is 6.77. The van der Waals surface area contributed by atoms with Gasteiger partial charge in [0.05, 0.1) is 7.11 Å². The second-order valence-corrected chi connectivity index (χ2v) is 2.81. The van der Waals surface area contributed by atoms with Crippen molar-refractivity contribution in [3.8, 4) is 17.4 Å². The van der Waals surface area contributed by atoms with Gasteiger partial charge >= 0.3 is 0 Å². The van der Waals surface area contributed by atoms with E-state index in [1.54, 1.807) is 13.2 Å². The third-order valence-electron chi connectivity index (χ3n) is 1.76. The first-order valence-corrected chi connectivity index (χ1v) is 4.20. The lowest BCUT2D eigenvalue weighted by Gasteiger charge is -1.98. The molecule has 2 rings (SSSR count). The molecule has 0 aliphatic heterocycles. The zero-order chi connectivity index (χ0) is 9.97. The van der Waals surface area contributed by atoms with Crippen LogP contribution in [0.3, 0.4) is 0 Å². The van der Waals surface area contributed by atoms with E-state index in [9.17, 15) is 0 Å².